The number of fused-ring (bicyclic) bond motifs is 1. The fourth-order valence-corrected chi connectivity index (χ4v) is 4.56. The highest BCUT2D eigenvalue weighted by molar-refractivity contribution is 6.09. The van der Waals surface area contributed by atoms with Crippen molar-refractivity contribution in [1.82, 2.24) is 4.98 Å². The zero-order valence-corrected chi connectivity index (χ0v) is 20.0. The molecule has 2 N–H and O–H groups in total. The predicted octanol–water partition coefficient (Wildman–Crippen LogP) is 5.19. The van der Waals surface area contributed by atoms with Crippen LogP contribution in [0.5, 0.6) is 0 Å². The van der Waals surface area contributed by atoms with Gasteiger partial charge in [-0.15, -0.1) is 0 Å². The number of nitrogens with zero attached hydrogens (tertiary/aromatic N) is 2. The molecule has 2 amide bonds. The van der Waals surface area contributed by atoms with Gasteiger partial charge in [0.15, 0.2) is 0 Å². The lowest BCUT2D eigenvalue weighted by Crippen LogP contribution is -2.30. The Kier molecular flexibility index (Phi) is 6.60. The van der Waals surface area contributed by atoms with E-state index in [0.717, 1.165) is 40.1 Å². The van der Waals surface area contributed by atoms with Crippen molar-refractivity contribution >= 4 is 23.2 Å². The molecule has 0 bridgehead atoms. The molecule has 1 aliphatic rings. The number of pyridine rings is 1. The molecule has 6 nitrogen and oxygen atoms in total. The average molecular weight is 478 g/mol. The van der Waals surface area contributed by atoms with Gasteiger partial charge in [0.25, 0.3) is 5.91 Å². The van der Waals surface area contributed by atoms with Crippen LogP contribution in [0.3, 0.4) is 0 Å². The molecular weight excluding hydrogens is 450 g/mol. The number of hydrogen-bond acceptors (Lipinski definition) is 4. The molecule has 0 fully saturated rings. The first-order valence-corrected chi connectivity index (χ1v) is 12.0. The zero-order chi connectivity index (χ0) is 25.1. The molecule has 36 heavy (non-hydrogen) atoms. The lowest BCUT2D eigenvalue weighted by molar-refractivity contribution is -0.117. The Hall–Kier alpha value is -4.29. The molecular formula is C30H27N3O3. The van der Waals surface area contributed by atoms with Crippen molar-refractivity contribution in [3.63, 3.8) is 0 Å². The third-order valence-electron chi connectivity index (χ3n) is 6.47. The maximum absolute atomic E-state index is 13.2. The van der Waals surface area contributed by atoms with Crippen molar-refractivity contribution in [2.24, 2.45) is 0 Å². The van der Waals surface area contributed by atoms with E-state index in [2.05, 4.69) is 10.3 Å². The van der Waals surface area contributed by atoms with Gasteiger partial charge in [-0.05, 0) is 72.0 Å². The van der Waals surface area contributed by atoms with E-state index < -0.39 is 6.10 Å². The maximum atomic E-state index is 13.2. The Morgan fingerprint density at radius 1 is 1.00 bits per heavy atom. The molecule has 0 radical (unpaired) electrons. The molecule has 180 valence electrons. The standard InChI is InChI=1S/C30H27N3O3/c1-20(34)21-9-11-22(12-10-21)26-7-2-3-8-27(26)30(36)32-25-13-14-28-23(18-25)15-17-33(28)29(35)19-24-6-4-5-16-31-24/h2-14,16,18,20,34H,15,17,19H2,1H3,(H,32,36). The summed E-state index contributed by atoms with van der Waals surface area (Å²) in [4.78, 5) is 32.1. The van der Waals surface area contributed by atoms with Crippen LogP contribution in [0.15, 0.2) is 91.1 Å². The predicted molar refractivity (Wildman–Crippen MR) is 141 cm³/mol. The Bertz CT molecular complexity index is 1400. The molecule has 2 heterocycles. The van der Waals surface area contributed by atoms with Gasteiger partial charge in [0.05, 0.1) is 12.5 Å². The van der Waals surface area contributed by atoms with Crippen molar-refractivity contribution in [2.75, 3.05) is 16.8 Å². The molecule has 1 atom stereocenters. The minimum absolute atomic E-state index is 0.0137. The summed E-state index contributed by atoms with van der Waals surface area (Å²) in [6.45, 7) is 2.34. The van der Waals surface area contributed by atoms with E-state index in [-0.39, 0.29) is 18.2 Å². The number of hydrogen-bond donors (Lipinski definition) is 2. The molecule has 6 heteroatoms. The van der Waals surface area contributed by atoms with E-state index in [9.17, 15) is 14.7 Å². The fraction of sp³-hybridized carbons (Fsp3) is 0.167. The van der Waals surface area contributed by atoms with E-state index in [1.54, 1.807) is 24.1 Å². The fourth-order valence-electron chi connectivity index (χ4n) is 4.56. The topological polar surface area (TPSA) is 82.5 Å². The monoisotopic (exact) mass is 477 g/mol. The number of nitrogens with one attached hydrogen (secondary N) is 1. The molecule has 1 aliphatic heterocycles. The number of amides is 2. The van der Waals surface area contributed by atoms with Crippen molar-refractivity contribution < 1.29 is 14.7 Å². The van der Waals surface area contributed by atoms with Crippen LogP contribution in [0.25, 0.3) is 11.1 Å². The zero-order valence-electron chi connectivity index (χ0n) is 20.0. The Morgan fingerprint density at radius 3 is 2.53 bits per heavy atom. The van der Waals surface area contributed by atoms with E-state index in [0.29, 0.717) is 17.8 Å². The quantitative estimate of drug-likeness (QED) is 0.401. The summed E-state index contributed by atoms with van der Waals surface area (Å²) >= 11 is 0. The van der Waals surface area contributed by atoms with E-state index >= 15 is 0 Å². The smallest absolute Gasteiger partial charge is 0.256 e. The van der Waals surface area contributed by atoms with Gasteiger partial charge in [-0.2, -0.15) is 0 Å². The first kappa shape index (κ1) is 23.5. The summed E-state index contributed by atoms with van der Waals surface area (Å²) in [5.74, 6) is -0.189. The van der Waals surface area contributed by atoms with Crippen molar-refractivity contribution in [3.8, 4) is 11.1 Å². The third-order valence-corrected chi connectivity index (χ3v) is 6.47. The van der Waals surface area contributed by atoms with Gasteiger partial charge in [-0.3, -0.25) is 14.6 Å². The summed E-state index contributed by atoms with van der Waals surface area (Å²) in [7, 11) is 0. The Morgan fingerprint density at radius 2 is 1.78 bits per heavy atom. The lowest BCUT2D eigenvalue weighted by Gasteiger charge is -2.17. The highest BCUT2D eigenvalue weighted by atomic mass is 16.3. The first-order valence-electron chi connectivity index (χ1n) is 12.0. The summed E-state index contributed by atoms with van der Waals surface area (Å²) in [5, 5.41) is 12.8. The van der Waals surface area contributed by atoms with Crippen LogP contribution < -0.4 is 10.2 Å². The minimum Gasteiger partial charge on any atom is -0.389 e. The van der Waals surface area contributed by atoms with Crippen molar-refractivity contribution in [1.29, 1.82) is 0 Å². The van der Waals surface area contributed by atoms with Gasteiger partial charge in [-0.25, -0.2) is 0 Å². The van der Waals surface area contributed by atoms with Crippen LogP contribution >= 0.6 is 0 Å². The second kappa shape index (κ2) is 10.1. The highest BCUT2D eigenvalue weighted by Crippen LogP contribution is 2.32. The number of anilines is 2. The molecule has 0 aliphatic carbocycles. The molecule has 1 aromatic heterocycles. The van der Waals surface area contributed by atoms with Gasteiger partial charge >= 0.3 is 0 Å². The van der Waals surface area contributed by atoms with E-state index in [4.69, 9.17) is 0 Å². The second-order valence-electron chi connectivity index (χ2n) is 8.93. The molecule has 3 aromatic carbocycles. The molecule has 1 unspecified atom stereocenters. The van der Waals surface area contributed by atoms with Crippen LogP contribution in [-0.2, 0) is 17.6 Å². The number of benzene rings is 3. The normalized spacial score (nSPS) is 13.2. The Labute approximate surface area is 210 Å². The van der Waals surface area contributed by atoms with Crippen molar-refractivity contribution in [2.45, 2.75) is 25.9 Å². The molecule has 5 rings (SSSR count). The lowest BCUT2D eigenvalue weighted by atomic mass is 9.97. The SMILES string of the molecule is CC(O)c1ccc(-c2ccccc2C(=O)Nc2ccc3c(c2)CCN3C(=O)Cc2ccccn2)cc1. The number of aromatic nitrogens is 1. The summed E-state index contributed by atoms with van der Waals surface area (Å²) in [6.07, 6.45) is 2.14. The van der Waals surface area contributed by atoms with Crippen LogP contribution in [0, 0.1) is 0 Å². The van der Waals surface area contributed by atoms with Crippen molar-refractivity contribution in [3.05, 3.63) is 114 Å². The number of rotatable bonds is 6. The first-order chi connectivity index (χ1) is 17.5. The number of carbonyl (C=O) groups excluding carboxylic acids is 2. The third kappa shape index (κ3) is 4.90. The Balaban J connectivity index is 1.32. The highest BCUT2D eigenvalue weighted by Gasteiger charge is 2.25. The van der Waals surface area contributed by atoms with Gasteiger partial charge in [-0.1, -0.05) is 48.5 Å². The summed E-state index contributed by atoms with van der Waals surface area (Å²) in [5.41, 5.74) is 6.47. The molecule has 0 saturated carbocycles. The van der Waals surface area contributed by atoms with Gasteiger partial charge in [0, 0.05) is 35.4 Å². The largest absolute Gasteiger partial charge is 0.389 e. The van der Waals surface area contributed by atoms with E-state index in [1.807, 2.05) is 78.9 Å². The number of carbonyl (C=O) groups is 2. The molecule has 0 spiro atoms. The van der Waals surface area contributed by atoms with Crippen LogP contribution in [0.4, 0.5) is 11.4 Å². The molecule has 0 saturated heterocycles. The maximum Gasteiger partial charge on any atom is 0.256 e. The minimum atomic E-state index is -0.543. The van der Waals surface area contributed by atoms with Gasteiger partial charge in [0.2, 0.25) is 5.91 Å². The summed E-state index contributed by atoms with van der Waals surface area (Å²) < 4.78 is 0. The van der Waals surface area contributed by atoms with Crippen LogP contribution in [0.2, 0.25) is 0 Å². The van der Waals surface area contributed by atoms with E-state index in [1.165, 1.54) is 0 Å². The molecule has 4 aromatic rings. The second-order valence-corrected chi connectivity index (χ2v) is 8.93. The number of aliphatic hydroxyl groups is 1. The van der Waals surface area contributed by atoms with Crippen LogP contribution in [0.1, 0.15) is 40.2 Å². The van der Waals surface area contributed by atoms with Crippen LogP contribution in [-0.4, -0.2) is 28.4 Å². The average Bonchev–Trinajstić information content (AvgIpc) is 3.33. The van der Waals surface area contributed by atoms with Gasteiger partial charge in [0.1, 0.15) is 0 Å². The summed E-state index contributed by atoms with van der Waals surface area (Å²) in [6, 6.07) is 26.3. The van der Waals surface area contributed by atoms with Gasteiger partial charge < -0.3 is 15.3 Å². The number of aliphatic hydroxyl groups excluding tert-OH is 1.